The quantitative estimate of drug-likeness (QED) is 0.498. The molecule has 0 bridgehead atoms. The first-order valence-corrected chi connectivity index (χ1v) is 10.1. The zero-order valence-corrected chi connectivity index (χ0v) is 17.2. The van der Waals surface area contributed by atoms with Gasteiger partial charge in [0, 0.05) is 17.0 Å². The zero-order chi connectivity index (χ0) is 20.0. The largest absolute Gasteiger partial charge is 0.496 e. The molecule has 0 aliphatic carbocycles. The number of benzene rings is 3. The summed E-state index contributed by atoms with van der Waals surface area (Å²) in [5.74, 6) is 1.39. The van der Waals surface area contributed by atoms with Gasteiger partial charge >= 0.3 is 0 Å². The summed E-state index contributed by atoms with van der Waals surface area (Å²) in [4.78, 5) is 0. The molecule has 0 saturated heterocycles. The summed E-state index contributed by atoms with van der Waals surface area (Å²) in [5.41, 5.74) is 3.94. The second-order valence-corrected chi connectivity index (χ2v) is 7.87. The number of methoxy groups -OCH3 is 1. The summed E-state index contributed by atoms with van der Waals surface area (Å²) in [6.07, 6.45) is 0.284. The van der Waals surface area contributed by atoms with Gasteiger partial charge in [-0.05, 0) is 29.8 Å². The SMILES string of the molecule is COc1ccccc1[C@H]1Oc2c(Cl)cc(Cl)cc2[C@H]2CC(c3ccccc3)=NN21. The van der Waals surface area contributed by atoms with Gasteiger partial charge in [0.05, 0.1) is 29.4 Å². The minimum atomic E-state index is -0.455. The second kappa shape index (κ2) is 7.29. The van der Waals surface area contributed by atoms with Crippen molar-refractivity contribution in [3.63, 3.8) is 0 Å². The Morgan fingerprint density at radius 1 is 1.00 bits per heavy atom. The molecule has 2 aliphatic rings. The molecule has 3 aromatic carbocycles. The Kier molecular flexibility index (Phi) is 4.61. The van der Waals surface area contributed by atoms with Crippen molar-refractivity contribution in [3.05, 3.63) is 93.5 Å². The monoisotopic (exact) mass is 424 g/mol. The third kappa shape index (κ3) is 3.13. The van der Waals surface area contributed by atoms with Crippen LogP contribution in [0.1, 0.15) is 35.4 Å². The maximum atomic E-state index is 6.52. The highest BCUT2D eigenvalue weighted by molar-refractivity contribution is 6.35. The lowest BCUT2D eigenvalue weighted by atomic mass is 9.95. The van der Waals surface area contributed by atoms with Gasteiger partial charge < -0.3 is 9.47 Å². The molecule has 0 fully saturated rings. The molecule has 4 nitrogen and oxygen atoms in total. The topological polar surface area (TPSA) is 34.1 Å². The van der Waals surface area contributed by atoms with Gasteiger partial charge in [-0.25, -0.2) is 5.01 Å². The summed E-state index contributed by atoms with van der Waals surface area (Å²) in [6, 6.07) is 21.6. The lowest BCUT2D eigenvalue weighted by Crippen LogP contribution is -2.34. The molecule has 0 aromatic heterocycles. The average molecular weight is 425 g/mol. The molecule has 0 saturated carbocycles. The summed E-state index contributed by atoms with van der Waals surface area (Å²) < 4.78 is 12.0. The molecule has 0 spiro atoms. The second-order valence-electron chi connectivity index (χ2n) is 7.03. The molecule has 146 valence electrons. The fourth-order valence-electron chi connectivity index (χ4n) is 4.00. The summed E-state index contributed by atoms with van der Waals surface area (Å²) in [6.45, 7) is 0. The number of para-hydroxylation sites is 1. The zero-order valence-electron chi connectivity index (χ0n) is 15.7. The number of halogens is 2. The molecule has 2 atom stereocenters. The van der Waals surface area contributed by atoms with E-state index < -0.39 is 6.23 Å². The highest BCUT2D eigenvalue weighted by Gasteiger charge is 2.42. The van der Waals surface area contributed by atoms with Crippen LogP contribution in [0.3, 0.4) is 0 Å². The van der Waals surface area contributed by atoms with Gasteiger partial charge in [0.1, 0.15) is 11.5 Å². The number of rotatable bonds is 3. The molecular weight excluding hydrogens is 407 g/mol. The van der Waals surface area contributed by atoms with Crippen molar-refractivity contribution in [1.29, 1.82) is 0 Å². The standard InChI is InChI=1S/C23H18Cl2N2O2/c1-28-21-10-6-5-9-16(21)23-27-20(13-19(26-27)14-7-3-2-4-8-14)17-11-15(24)12-18(25)22(17)29-23/h2-12,20,23H,13H2,1H3/t20-,23-/m1/s1. The van der Waals surface area contributed by atoms with Crippen LogP contribution in [0.15, 0.2) is 71.8 Å². The molecule has 3 aromatic rings. The molecule has 0 radical (unpaired) electrons. The smallest absolute Gasteiger partial charge is 0.217 e. The van der Waals surface area contributed by atoms with E-state index in [1.54, 1.807) is 13.2 Å². The molecule has 2 aliphatic heterocycles. The number of hydrogen-bond acceptors (Lipinski definition) is 4. The first-order chi connectivity index (χ1) is 14.2. The van der Waals surface area contributed by atoms with Gasteiger partial charge in [0.2, 0.25) is 6.23 Å². The molecule has 0 unspecified atom stereocenters. The number of hydrazone groups is 1. The molecular formula is C23H18Cl2N2O2. The van der Waals surface area contributed by atoms with Crippen LogP contribution >= 0.6 is 23.2 Å². The summed E-state index contributed by atoms with van der Waals surface area (Å²) in [5, 5.41) is 8.03. The Morgan fingerprint density at radius 3 is 2.55 bits per heavy atom. The summed E-state index contributed by atoms with van der Waals surface area (Å²) >= 11 is 12.8. The average Bonchev–Trinajstić information content (AvgIpc) is 3.20. The first-order valence-electron chi connectivity index (χ1n) is 9.35. The van der Waals surface area contributed by atoms with Crippen LogP contribution in [0.2, 0.25) is 10.0 Å². The number of fused-ring (bicyclic) bond motifs is 3. The van der Waals surface area contributed by atoms with E-state index in [0.717, 1.165) is 34.6 Å². The van der Waals surface area contributed by atoms with Gasteiger partial charge in [-0.1, -0.05) is 65.7 Å². The predicted octanol–water partition coefficient (Wildman–Crippen LogP) is 6.24. The van der Waals surface area contributed by atoms with Gasteiger partial charge in [0.25, 0.3) is 0 Å². The van der Waals surface area contributed by atoms with Crippen LogP contribution in [0.4, 0.5) is 0 Å². The van der Waals surface area contributed by atoms with E-state index in [9.17, 15) is 0 Å². The van der Waals surface area contributed by atoms with Crippen molar-refractivity contribution >= 4 is 28.9 Å². The van der Waals surface area contributed by atoms with E-state index in [0.29, 0.717) is 15.8 Å². The third-order valence-electron chi connectivity index (χ3n) is 5.32. The van der Waals surface area contributed by atoms with Gasteiger partial charge in [-0.2, -0.15) is 5.10 Å². The number of hydrogen-bond donors (Lipinski definition) is 0. The molecule has 0 amide bonds. The van der Waals surface area contributed by atoms with Crippen molar-refractivity contribution in [1.82, 2.24) is 5.01 Å². The molecule has 5 rings (SSSR count). The first kappa shape index (κ1) is 18.3. The Morgan fingerprint density at radius 2 is 1.76 bits per heavy atom. The van der Waals surface area contributed by atoms with Crippen LogP contribution in [-0.2, 0) is 0 Å². The van der Waals surface area contributed by atoms with Crippen LogP contribution in [0.5, 0.6) is 11.5 Å². The number of ether oxygens (including phenoxy) is 2. The van der Waals surface area contributed by atoms with Crippen molar-refractivity contribution in [3.8, 4) is 11.5 Å². The van der Waals surface area contributed by atoms with E-state index in [2.05, 4.69) is 12.1 Å². The summed E-state index contributed by atoms with van der Waals surface area (Å²) in [7, 11) is 1.66. The highest BCUT2D eigenvalue weighted by atomic mass is 35.5. The van der Waals surface area contributed by atoms with Crippen LogP contribution in [-0.4, -0.2) is 17.8 Å². The fourth-order valence-corrected chi connectivity index (χ4v) is 4.55. The van der Waals surface area contributed by atoms with E-state index >= 15 is 0 Å². The fraction of sp³-hybridized carbons (Fsp3) is 0.174. The van der Waals surface area contributed by atoms with Crippen molar-refractivity contribution < 1.29 is 9.47 Å². The molecule has 29 heavy (non-hydrogen) atoms. The maximum absolute atomic E-state index is 6.52. The van der Waals surface area contributed by atoms with Crippen molar-refractivity contribution in [2.24, 2.45) is 5.10 Å². The van der Waals surface area contributed by atoms with Gasteiger partial charge in [-0.15, -0.1) is 0 Å². The van der Waals surface area contributed by atoms with Crippen LogP contribution in [0.25, 0.3) is 0 Å². The Balaban J connectivity index is 1.66. The Labute approximate surface area is 179 Å². The lowest BCUT2D eigenvalue weighted by molar-refractivity contribution is -0.0202. The molecule has 2 heterocycles. The number of nitrogens with zero attached hydrogens (tertiary/aromatic N) is 2. The van der Waals surface area contributed by atoms with Crippen LogP contribution < -0.4 is 9.47 Å². The third-order valence-corrected chi connectivity index (χ3v) is 5.82. The lowest BCUT2D eigenvalue weighted by Gasteiger charge is -2.39. The minimum absolute atomic E-state index is 0.0277. The van der Waals surface area contributed by atoms with E-state index in [-0.39, 0.29) is 6.04 Å². The van der Waals surface area contributed by atoms with Crippen molar-refractivity contribution in [2.75, 3.05) is 7.11 Å². The van der Waals surface area contributed by atoms with Crippen LogP contribution in [0, 0.1) is 0 Å². The van der Waals surface area contributed by atoms with Gasteiger partial charge in [-0.3, -0.25) is 0 Å². The van der Waals surface area contributed by atoms with E-state index in [1.807, 2.05) is 53.5 Å². The van der Waals surface area contributed by atoms with Crippen molar-refractivity contribution in [2.45, 2.75) is 18.7 Å². The minimum Gasteiger partial charge on any atom is -0.496 e. The molecule has 6 heteroatoms. The predicted molar refractivity (Wildman–Crippen MR) is 115 cm³/mol. The van der Waals surface area contributed by atoms with E-state index in [1.165, 1.54) is 0 Å². The normalized spacial score (nSPS) is 19.8. The highest BCUT2D eigenvalue weighted by Crippen LogP contribution is 2.51. The Bertz CT molecular complexity index is 1100. The van der Waals surface area contributed by atoms with Gasteiger partial charge in [0.15, 0.2) is 0 Å². The van der Waals surface area contributed by atoms with E-state index in [4.69, 9.17) is 37.8 Å². The Hall–Kier alpha value is -2.69. The molecule has 0 N–H and O–H groups in total. The maximum Gasteiger partial charge on any atom is 0.217 e.